The number of hydrogen-bond acceptors (Lipinski definition) is 2. The maximum absolute atomic E-state index is 13.6. The molecule has 0 atom stereocenters. The van der Waals surface area contributed by atoms with E-state index in [2.05, 4.69) is 35.1 Å². The van der Waals surface area contributed by atoms with Gasteiger partial charge in [0, 0.05) is 52.8 Å². The zero-order valence-electron chi connectivity index (χ0n) is 21.6. The van der Waals surface area contributed by atoms with Crippen molar-refractivity contribution in [2.45, 2.75) is 71.8 Å². The second-order valence-corrected chi connectivity index (χ2v) is 10.0. The smallest absolute Gasteiger partial charge is 0.213 e. The van der Waals surface area contributed by atoms with Crippen molar-refractivity contribution in [2.75, 3.05) is 6.54 Å². The first-order chi connectivity index (χ1) is 17.7. The van der Waals surface area contributed by atoms with Crippen LogP contribution in [0.3, 0.4) is 0 Å². The zero-order chi connectivity index (χ0) is 25.1. The number of Topliss-reactive ketones (excluding diaryl/α,β-unsaturated/α-hetero) is 1. The van der Waals surface area contributed by atoms with Crippen LogP contribution in [0.25, 0.3) is 22.0 Å². The Labute approximate surface area is 214 Å². The number of benzene rings is 2. The van der Waals surface area contributed by atoms with Crippen LogP contribution in [0, 0.1) is 0 Å². The highest BCUT2D eigenvalue weighted by atomic mass is 16.3. The van der Waals surface area contributed by atoms with Crippen LogP contribution in [-0.4, -0.2) is 27.7 Å². The molecule has 0 amide bonds. The van der Waals surface area contributed by atoms with Crippen molar-refractivity contribution in [2.24, 2.45) is 0 Å². The van der Waals surface area contributed by atoms with E-state index in [1.54, 1.807) is 0 Å². The molecule has 1 aliphatic heterocycles. The third-order valence-electron chi connectivity index (χ3n) is 7.53. The van der Waals surface area contributed by atoms with Gasteiger partial charge in [-0.3, -0.25) is 4.79 Å². The predicted molar refractivity (Wildman–Crippen MR) is 146 cm³/mol. The highest BCUT2D eigenvalue weighted by molar-refractivity contribution is 6.45. The van der Waals surface area contributed by atoms with E-state index >= 15 is 0 Å². The second-order valence-electron chi connectivity index (χ2n) is 10.0. The van der Waals surface area contributed by atoms with Crippen LogP contribution in [0.4, 0.5) is 5.69 Å². The fourth-order valence-electron chi connectivity index (χ4n) is 5.56. The molecular formula is C32H36N2O2. The number of rotatable bonds is 11. The van der Waals surface area contributed by atoms with Crippen LogP contribution in [0.15, 0.2) is 66.1 Å². The van der Waals surface area contributed by atoms with Gasteiger partial charge < -0.3 is 9.67 Å². The Balaban J connectivity index is 1.51. The summed E-state index contributed by atoms with van der Waals surface area (Å²) in [6, 6.07) is 16.2. The maximum atomic E-state index is 13.6. The molecule has 0 saturated carbocycles. The lowest BCUT2D eigenvalue weighted by Gasteiger charge is -2.31. The Bertz CT molecular complexity index is 1390. The van der Waals surface area contributed by atoms with E-state index < -0.39 is 0 Å². The van der Waals surface area contributed by atoms with Crippen molar-refractivity contribution in [3.8, 4) is 0 Å². The van der Waals surface area contributed by atoms with Gasteiger partial charge in [0.15, 0.2) is 12.0 Å². The molecule has 5 rings (SSSR count). The monoisotopic (exact) mass is 480 g/mol. The van der Waals surface area contributed by atoms with E-state index in [-0.39, 0.29) is 11.5 Å². The van der Waals surface area contributed by atoms with Crippen LogP contribution in [0.5, 0.6) is 0 Å². The lowest BCUT2D eigenvalue weighted by atomic mass is 9.80. The molecule has 186 valence electrons. The molecule has 4 nitrogen and oxygen atoms in total. The van der Waals surface area contributed by atoms with Crippen molar-refractivity contribution in [1.29, 1.82) is 0 Å². The molecule has 1 aliphatic carbocycles. The highest BCUT2D eigenvalue weighted by Crippen LogP contribution is 2.44. The van der Waals surface area contributed by atoms with Gasteiger partial charge in [0.2, 0.25) is 5.69 Å². The van der Waals surface area contributed by atoms with Crippen molar-refractivity contribution in [3.05, 3.63) is 77.2 Å². The van der Waals surface area contributed by atoms with Gasteiger partial charge in [-0.05, 0) is 25.0 Å². The van der Waals surface area contributed by atoms with E-state index in [1.807, 2.05) is 48.8 Å². The molecule has 4 heteroatoms. The minimum atomic E-state index is -0.122. The second kappa shape index (κ2) is 10.7. The number of hydrogen-bond donors (Lipinski definition) is 0. The summed E-state index contributed by atoms with van der Waals surface area (Å²) in [6.07, 6.45) is 13.5. The van der Waals surface area contributed by atoms with Crippen molar-refractivity contribution in [3.63, 3.8) is 0 Å². The van der Waals surface area contributed by atoms with Crippen LogP contribution in [0.1, 0.15) is 76.3 Å². The lowest BCUT2D eigenvalue weighted by Crippen LogP contribution is -2.30. The van der Waals surface area contributed by atoms with Gasteiger partial charge in [-0.15, -0.1) is 0 Å². The number of ketones is 1. The predicted octanol–water partition coefficient (Wildman–Crippen LogP) is 6.64. The molecule has 0 spiro atoms. The lowest BCUT2D eigenvalue weighted by molar-refractivity contribution is -0.432. The molecule has 0 unspecified atom stereocenters. The number of aromatic nitrogens is 1. The molecule has 3 aromatic rings. The molecule has 0 radical (unpaired) electrons. The van der Waals surface area contributed by atoms with E-state index in [1.165, 1.54) is 38.5 Å². The summed E-state index contributed by atoms with van der Waals surface area (Å²) in [7, 11) is 0. The summed E-state index contributed by atoms with van der Waals surface area (Å²) in [5.74, 6) is -0.245. The normalized spacial score (nSPS) is 17.1. The summed E-state index contributed by atoms with van der Waals surface area (Å²) >= 11 is 0. The molecule has 2 aliphatic rings. The van der Waals surface area contributed by atoms with E-state index in [0.29, 0.717) is 11.1 Å². The number of carbonyl (C=O) groups excluding carboxylic acids is 1. The standard InChI is InChI=1S/C32H36N2O2/c1-3-5-7-13-19-33-21-25(23-15-9-11-17-27(23)33)29-31(35)30(32(29)36)26-22-34(20-14-8-6-4-2)28-18-12-10-16-24(26)28/h9-12,15-18,21-22H,3-8,13-14,19-20H2,1-2H3. The molecule has 1 aromatic heterocycles. The number of aryl methyl sites for hydroxylation is 1. The first-order valence-electron chi connectivity index (χ1n) is 13.7. The van der Waals surface area contributed by atoms with Gasteiger partial charge in [-0.2, -0.15) is 4.58 Å². The number of para-hydroxylation sites is 2. The Morgan fingerprint density at radius 2 is 1.53 bits per heavy atom. The summed E-state index contributed by atoms with van der Waals surface area (Å²) < 4.78 is 4.43. The summed E-state index contributed by atoms with van der Waals surface area (Å²) in [6.45, 7) is 6.23. The molecule has 2 heterocycles. The van der Waals surface area contributed by atoms with E-state index in [0.717, 1.165) is 59.2 Å². The first kappa shape index (κ1) is 24.3. The van der Waals surface area contributed by atoms with Gasteiger partial charge in [0.05, 0.1) is 11.1 Å². The largest absolute Gasteiger partial charge is 0.871 e. The minimum Gasteiger partial charge on any atom is -0.871 e. The average Bonchev–Trinajstić information content (AvgIpc) is 3.43. The molecule has 0 bridgehead atoms. The first-order valence-corrected chi connectivity index (χ1v) is 13.7. The fraction of sp³-hybridized carbons (Fsp3) is 0.375. The Morgan fingerprint density at radius 1 is 0.806 bits per heavy atom. The van der Waals surface area contributed by atoms with Crippen LogP contribution in [0.2, 0.25) is 0 Å². The summed E-state index contributed by atoms with van der Waals surface area (Å²) in [4.78, 5) is 13.6. The maximum Gasteiger partial charge on any atom is 0.213 e. The van der Waals surface area contributed by atoms with Crippen molar-refractivity contribution in [1.82, 2.24) is 4.57 Å². The van der Waals surface area contributed by atoms with Crippen LogP contribution in [-0.2, 0) is 11.3 Å². The van der Waals surface area contributed by atoms with Crippen molar-refractivity contribution >= 4 is 39.7 Å². The molecule has 0 N–H and O–H groups in total. The Kier molecular flexibility index (Phi) is 7.22. The Hall–Kier alpha value is -3.40. The molecular weight excluding hydrogens is 444 g/mol. The quantitative estimate of drug-likeness (QED) is 0.175. The topological polar surface area (TPSA) is 48.1 Å². The van der Waals surface area contributed by atoms with Gasteiger partial charge in [-0.1, -0.05) is 82.0 Å². The summed E-state index contributed by atoms with van der Waals surface area (Å²) in [5.41, 5.74) is 5.42. The van der Waals surface area contributed by atoms with Gasteiger partial charge in [0.1, 0.15) is 6.54 Å². The van der Waals surface area contributed by atoms with Crippen molar-refractivity contribution < 1.29 is 14.5 Å². The van der Waals surface area contributed by atoms with Gasteiger partial charge in [0.25, 0.3) is 0 Å². The molecule has 0 fully saturated rings. The SMILES string of the molecule is CCCCCCn1cc(C2=C([O-])C(=C3C=[N+](CCCCCC)c4ccccc43)C2=O)c2ccccc21. The zero-order valence-corrected chi connectivity index (χ0v) is 21.6. The van der Waals surface area contributed by atoms with E-state index in [9.17, 15) is 9.90 Å². The van der Waals surface area contributed by atoms with Crippen LogP contribution < -0.4 is 5.11 Å². The third-order valence-corrected chi connectivity index (χ3v) is 7.53. The number of allylic oxidation sites excluding steroid dienone is 3. The molecule has 0 saturated heterocycles. The number of fused-ring (bicyclic) bond motifs is 2. The molecule has 2 aromatic carbocycles. The number of carbonyl (C=O) groups is 1. The number of nitrogens with zero attached hydrogens (tertiary/aromatic N) is 2. The molecule has 36 heavy (non-hydrogen) atoms. The minimum absolute atomic E-state index is 0.122. The van der Waals surface area contributed by atoms with E-state index in [4.69, 9.17) is 0 Å². The van der Waals surface area contributed by atoms with Gasteiger partial charge in [-0.25, -0.2) is 0 Å². The Morgan fingerprint density at radius 3 is 2.31 bits per heavy atom. The fourth-order valence-corrected chi connectivity index (χ4v) is 5.56. The summed E-state index contributed by atoms with van der Waals surface area (Å²) in [5, 5.41) is 14.6. The van der Waals surface area contributed by atoms with Gasteiger partial charge >= 0.3 is 0 Å². The number of unbranched alkanes of at least 4 members (excludes halogenated alkanes) is 6. The van der Waals surface area contributed by atoms with Crippen LogP contribution >= 0.6 is 0 Å². The average molecular weight is 481 g/mol. The third kappa shape index (κ3) is 4.34. The highest BCUT2D eigenvalue weighted by Gasteiger charge is 2.37.